The Kier molecular flexibility index (Phi) is 4.70. The van der Waals surface area contributed by atoms with Crippen LogP contribution in [-0.4, -0.2) is 47.0 Å². The van der Waals surface area contributed by atoms with Crippen molar-refractivity contribution in [2.24, 2.45) is 0 Å². The SMILES string of the molecule is CCC(C#N)N1CCN(c2nccc(C)c2[N+](=O)[O-])CC1. The molecule has 1 atom stereocenters. The first-order chi connectivity index (χ1) is 10.1. The Balaban J connectivity index is 2.15. The number of hydrogen-bond donors (Lipinski definition) is 0. The Labute approximate surface area is 123 Å². The van der Waals surface area contributed by atoms with Crippen molar-refractivity contribution in [3.8, 4) is 6.07 Å². The van der Waals surface area contributed by atoms with Gasteiger partial charge in [-0.25, -0.2) is 4.98 Å². The molecule has 1 fully saturated rings. The molecule has 21 heavy (non-hydrogen) atoms. The molecule has 2 heterocycles. The lowest BCUT2D eigenvalue weighted by Gasteiger charge is -2.37. The molecule has 0 aromatic carbocycles. The monoisotopic (exact) mass is 289 g/mol. The van der Waals surface area contributed by atoms with Gasteiger partial charge in [0.25, 0.3) is 0 Å². The molecule has 7 heteroatoms. The molecule has 0 bridgehead atoms. The molecule has 1 unspecified atom stereocenters. The van der Waals surface area contributed by atoms with E-state index in [2.05, 4.69) is 16.0 Å². The van der Waals surface area contributed by atoms with Gasteiger partial charge in [-0.05, 0) is 19.4 Å². The summed E-state index contributed by atoms with van der Waals surface area (Å²) in [5.41, 5.74) is 0.703. The zero-order valence-electron chi connectivity index (χ0n) is 12.3. The van der Waals surface area contributed by atoms with Crippen LogP contribution in [0.3, 0.4) is 0 Å². The number of pyridine rings is 1. The highest BCUT2D eigenvalue weighted by atomic mass is 16.6. The van der Waals surface area contributed by atoms with Crippen LogP contribution in [0, 0.1) is 28.4 Å². The number of aryl methyl sites for hydroxylation is 1. The van der Waals surface area contributed by atoms with Crippen LogP contribution in [0.5, 0.6) is 0 Å². The van der Waals surface area contributed by atoms with Gasteiger partial charge >= 0.3 is 5.69 Å². The molecule has 0 spiro atoms. The number of rotatable bonds is 4. The van der Waals surface area contributed by atoms with Crippen molar-refractivity contribution >= 4 is 11.5 Å². The number of nitriles is 1. The van der Waals surface area contributed by atoms with E-state index in [1.807, 2.05) is 11.8 Å². The highest BCUT2D eigenvalue weighted by Gasteiger charge is 2.28. The average Bonchev–Trinajstić information content (AvgIpc) is 2.48. The molecule has 1 aromatic rings. The lowest BCUT2D eigenvalue weighted by Crippen LogP contribution is -2.50. The van der Waals surface area contributed by atoms with Gasteiger partial charge in [0.2, 0.25) is 5.82 Å². The first-order valence-corrected chi connectivity index (χ1v) is 7.07. The Morgan fingerprint density at radius 1 is 1.48 bits per heavy atom. The second-order valence-corrected chi connectivity index (χ2v) is 5.13. The van der Waals surface area contributed by atoms with Gasteiger partial charge in [-0.2, -0.15) is 5.26 Å². The van der Waals surface area contributed by atoms with E-state index >= 15 is 0 Å². The topological polar surface area (TPSA) is 86.3 Å². The van der Waals surface area contributed by atoms with Gasteiger partial charge in [0.05, 0.1) is 17.0 Å². The molecule has 0 radical (unpaired) electrons. The van der Waals surface area contributed by atoms with Gasteiger partial charge in [-0.3, -0.25) is 15.0 Å². The molecular formula is C14H19N5O2. The summed E-state index contributed by atoms with van der Waals surface area (Å²) < 4.78 is 0. The number of piperazine rings is 1. The minimum Gasteiger partial charge on any atom is -0.348 e. The molecule has 1 saturated heterocycles. The summed E-state index contributed by atoms with van der Waals surface area (Å²) in [6.07, 6.45) is 2.40. The Hall–Kier alpha value is -2.20. The van der Waals surface area contributed by atoms with Gasteiger partial charge in [0.1, 0.15) is 0 Å². The lowest BCUT2D eigenvalue weighted by molar-refractivity contribution is -0.384. The molecule has 112 valence electrons. The van der Waals surface area contributed by atoms with Gasteiger partial charge < -0.3 is 4.90 Å². The molecule has 1 aliphatic heterocycles. The van der Waals surface area contributed by atoms with Gasteiger partial charge in [-0.15, -0.1) is 0 Å². The molecule has 7 nitrogen and oxygen atoms in total. The quantitative estimate of drug-likeness (QED) is 0.619. The number of nitrogens with zero attached hydrogens (tertiary/aromatic N) is 5. The largest absolute Gasteiger partial charge is 0.348 e. The molecule has 0 saturated carbocycles. The fourth-order valence-electron chi connectivity index (χ4n) is 2.67. The average molecular weight is 289 g/mol. The summed E-state index contributed by atoms with van der Waals surface area (Å²) >= 11 is 0. The maximum atomic E-state index is 11.2. The van der Waals surface area contributed by atoms with Crippen molar-refractivity contribution in [3.05, 3.63) is 27.9 Å². The molecule has 1 aromatic heterocycles. The molecular weight excluding hydrogens is 270 g/mol. The Morgan fingerprint density at radius 2 is 2.14 bits per heavy atom. The normalized spacial score (nSPS) is 17.3. The standard InChI is InChI=1S/C14H19N5O2/c1-3-12(10-15)17-6-8-18(9-7-17)14-13(19(20)21)11(2)4-5-16-14/h4-5,12H,3,6-9H2,1-2H3. The van der Waals surface area contributed by atoms with Gasteiger partial charge in [0, 0.05) is 37.9 Å². The summed E-state index contributed by atoms with van der Waals surface area (Å²) in [6.45, 7) is 6.46. The summed E-state index contributed by atoms with van der Waals surface area (Å²) in [5.74, 6) is 0.435. The van der Waals surface area contributed by atoms with Crippen LogP contribution in [-0.2, 0) is 0 Å². The molecule has 0 amide bonds. The van der Waals surface area contributed by atoms with Crippen molar-refractivity contribution in [1.82, 2.24) is 9.88 Å². The van der Waals surface area contributed by atoms with Gasteiger partial charge in [-0.1, -0.05) is 6.92 Å². The van der Waals surface area contributed by atoms with E-state index in [0.717, 1.165) is 19.5 Å². The fourth-order valence-corrected chi connectivity index (χ4v) is 2.67. The summed E-state index contributed by atoms with van der Waals surface area (Å²) in [6, 6.07) is 3.88. The fraction of sp³-hybridized carbons (Fsp3) is 0.571. The maximum Gasteiger partial charge on any atom is 0.314 e. The highest BCUT2D eigenvalue weighted by molar-refractivity contribution is 5.61. The van der Waals surface area contributed by atoms with E-state index < -0.39 is 0 Å². The third kappa shape index (κ3) is 3.11. The molecule has 1 aliphatic rings. The van der Waals surface area contributed by atoms with Crippen molar-refractivity contribution in [2.45, 2.75) is 26.3 Å². The van der Waals surface area contributed by atoms with Crippen LogP contribution in [0.15, 0.2) is 12.3 Å². The summed E-state index contributed by atoms with van der Waals surface area (Å²) in [4.78, 5) is 19.1. The predicted molar refractivity (Wildman–Crippen MR) is 79.1 cm³/mol. The van der Waals surface area contributed by atoms with E-state index in [1.54, 1.807) is 19.2 Å². The van der Waals surface area contributed by atoms with Crippen molar-refractivity contribution < 1.29 is 4.92 Å². The Morgan fingerprint density at radius 3 is 2.67 bits per heavy atom. The number of hydrogen-bond acceptors (Lipinski definition) is 6. The van der Waals surface area contributed by atoms with E-state index in [-0.39, 0.29) is 16.7 Å². The van der Waals surface area contributed by atoms with Crippen LogP contribution in [0.2, 0.25) is 0 Å². The maximum absolute atomic E-state index is 11.2. The van der Waals surface area contributed by atoms with E-state index in [4.69, 9.17) is 5.26 Å². The van der Waals surface area contributed by atoms with Crippen LogP contribution in [0.25, 0.3) is 0 Å². The van der Waals surface area contributed by atoms with Crippen molar-refractivity contribution in [3.63, 3.8) is 0 Å². The number of aromatic nitrogens is 1. The van der Waals surface area contributed by atoms with Crippen LogP contribution < -0.4 is 4.90 Å². The molecule has 0 N–H and O–H groups in total. The third-order valence-electron chi connectivity index (χ3n) is 3.88. The second kappa shape index (κ2) is 6.50. The Bertz CT molecular complexity index is 561. The second-order valence-electron chi connectivity index (χ2n) is 5.13. The van der Waals surface area contributed by atoms with Crippen LogP contribution >= 0.6 is 0 Å². The predicted octanol–water partition coefficient (Wildman–Crippen LogP) is 1.72. The lowest BCUT2D eigenvalue weighted by atomic mass is 10.1. The van der Waals surface area contributed by atoms with Crippen LogP contribution in [0.4, 0.5) is 11.5 Å². The smallest absolute Gasteiger partial charge is 0.314 e. The first-order valence-electron chi connectivity index (χ1n) is 7.07. The zero-order valence-corrected chi connectivity index (χ0v) is 12.3. The van der Waals surface area contributed by atoms with Crippen LogP contribution in [0.1, 0.15) is 18.9 Å². The van der Waals surface area contributed by atoms with Crippen molar-refractivity contribution in [2.75, 3.05) is 31.1 Å². The summed E-state index contributed by atoms with van der Waals surface area (Å²) in [5, 5.41) is 20.3. The summed E-state index contributed by atoms with van der Waals surface area (Å²) in [7, 11) is 0. The number of anilines is 1. The molecule has 0 aliphatic carbocycles. The van der Waals surface area contributed by atoms with E-state index in [0.29, 0.717) is 24.5 Å². The number of nitro groups is 1. The van der Waals surface area contributed by atoms with Crippen molar-refractivity contribution in [1.29, 1.82) is 5.26 Å². The first kappa shape index (κ1) is 15.2. The van der Waals surface area contributed by atoms with E-state index in [1.165, 1.54) is 0 Å². The van der Waals surface area contributed by atoms with Gasteiger partial charge in [0.15, 0.2) is 0 Å². The minimum atomic E-state index is -0.367. The molecule has 2 rings (SSSR count). The zero-order chi connectivity index (χ0) is 15.4. The third-order valence-corrected chi connectivity index (χ3v) is 3.88. The van der Waals surface area contributed by atoms with E-state index in [9.17, 15) is 10.1 Å². The highest BCUT2D eigenvalue weighted by Crippen LogP contribution is 2.29. The minimum absolute atomic E-state index is 0.0763.